The summed E-state index contributed by atoms with van der Waals surface area (Å²) in [5.41, 5.74) is 1.64. The lowest BCUT2D eigenvalue weighted by molar-refractivity contribution is -0.123. The van der Waals surface area contributed by atoms with Crippen LogP contribution >= 0.6 is 0 Å². The third-order valence-electron chi connectivity index (χ3n) is 5.53. The largest absolute Gasteiger partial charge is 0.396 e. The van der Waals surface area contributed by atoms with E-state index in [0.717, 1.165) is 38.9 Å². The molecule has 1 N–H and O–H groups in total. The highest BCUT2D eigenvalue weighted by atomic mass is 19.1. The van der Waals surface area contributed by atoms with Crippen molar-refractivity contribution in [2.24, 2.45) is 5.92 Å². The Morgan fingerprint density at radius 1 is 1.14 bits per heavy atom. The molecular formula is C23H29FN2O2. The molecule has 0 bridgehead atoms. The van der Waals surface area contributed by atoms with Gasteiger partial charge in [-0.25, -0.2) is 4.39 Å². The highest BCUT2D eigenvalue weighted by Crippen LogP contribution is 2.28. The van der Waals surface area contributed by atoms with Gasteiger partial charge in [0, 0.05) is 25.7 Å². The maximum atomic E-state index is 14.4. The normalized spacial score (nSPS) is 16.7. The number of piperidine rings is 1. The number of aliphatic hydroxyl groups is 1. The molecule has 1 saturated heterocycles. The van der Waals surface area contributed by atoms with Crippen LogP contribution in [0.1, 0.15) is 25.3 Å². The first-order chi connectivity index (χ1) is 13.6. The Kier molecular flexibility index (Phi) is 7.18. The number of nitrogens with zero attached hydrogens (tertiary/aromatic N) is 2. The van der Waals surface area contributed by atoms with Crippen LogP contribution in [0.3, 0.4) is 0 Å². The molecule has 2 aromatic carbocycles. The number of rotatable bonds is 7. The molecule has 1 amide bonds. The summed E-state index contributed by atoms with van der Waals surface area (Å²) in [6, 6.07) is 16.8. The molecule has 2 aromatic rings. The molecule has 1 heterocycles. The molecule has 0 spiro atoms. The van der Waals surface area contributed by atoms with Crippen molar-refractivity contribution in [1.82, 2.24) is 4.90 Å². The molecule has 1 aliphatic rings. The highest BCUT2D eigenvalue weighted by molar-refractivity contribution is 5.95. The van der Waals surface area contributed by atoms with E-state index in [2.05, 4.69) is 29.2 Å². The Labute approximate surface area is 166 Å². The summed E-state index contributed by atoms with van der Waals surface area (Å²) < 4.78 is 14.4. The number of hydrogen-bond donors (Lipinski definition) is 1. The van der Waals surface area contributed by atoms with Crippen LogP contribution in [-0.2, 0) is 11.2 Å². The van der Waals surface area contributed by atoms with E-state index in [1.807, 2.05) is 6.07 Å². The van der Waals surface area contributed by atoms with Crippen LogP contribution in [0, 0.1) is 11.7 Å². The van der Waals surface area contributed by atoms with Crippen molar-refractivity contribution >= 4 is 11.6 Å². The predicted molar refractivity (Wildman–Crippen MR) is 110 cm³/mol. The second-order valence-electron chi connectivity index (χ2n) is 7.55. The van der Waals surface area contributed by atoms with E-state index in [0.29, 0.717) is 5.69 Å². The zero-order valence-corrected chi connectivity index (χ0v) is 16.4. The van der Waals surface area contributed by atoms with Gasteiger partial charge in [-0.2, -0.15) is 0 Å². The molecule has 28 heavy (non-hydrogen) atoms. The number of benzene rings is 2. The van der Waals surface area contributed by atoms with Gasteiger partial charge in [0.25, 0.3) is 0 Å². The number of likely N-dealkylation sites (tertiary alicyclic amines) is 1. The van der Waals surface area contributed by atoms with Gasteiger partial charge < -0.3 is 14.9 Å². The van der Waals surface area contributed by atoms with E-state index < -0.39 is 11.7 Å². The van der Waals surface area contributed by atoms with Gasteiger partial charge in [0.2, 0.25) is 5.91 Å². The first kappa shape index (κ1) is 20.5. The monoisotopic (exact) mass is 384 g/mol. The van der Waals surface area contributed by atoms with E-state index in [1.54, 1.807) is 30.0 Å². The van der Waals surface area contributed by atoms with Crippen LogP contribution in [0.5, 0.6) is 0 Å². The number of aliphatic hydroxyl groups excluding tert-OH is 1. The Morgan fingerprint density at radius 2 is 1.79 bits per heavy atom. The fraction of sp³-hybridized carbons (Fsp3) is 0.435. The third-order valence-corrected chi connectivity index (χ3v) is 5.53. The second-order valence-corrected chi connectivity index (χ2v) is 7.55. The predicted octanol–water partition coefficient (Wildman–Crippen LogP) is 3.49. The SMILES string of the molecule is CC(CO)C(=O)N(c1ccccc1F)C1CCN(CCc2ccccc2)CC1. The minimum absolute atomic E-state index is 0.0497. The fourth-order valence-corrected chi connectivity index (χ4v) is 3.79. The van der Waals surface area contributed by atoms with Crippen molar-refractivity contribution in [3.8, 4) is 0 Å². The summed E-state index contributed by atoms with van der Waals surface area (Å²) in [5.74, 6) is -1.15. The molecule has 1 aliphatic heterocycles. The number of hydrogen-bond acceptors (Lipinski definition) is 3. The molecule has 4 nitrogen and oxygen atoms in total. The molecule has 1 atom stereocenters. The van der Waals surface area contributed by atoms with Gasteiger partial charge in [-0.15, -0.1) is 0 Å². The number of anilines is 1. The van der Waals surface area contributed by atoms with Crippen LogP contribution in [0.2, 0.25) is 0 Å². The summed E-state index contributed by atoms with van der Waals surface area (Å²) in [5, 5.41) is 9.44. The molecule has 150 valence electrons. The Bertz CT molecular complexity index is 760. The van der Waals surface area contributed by atoms with Crippen molar-refractivity contribution in [2.45, 2.75) is 32.2 Å². The van der Waals surface area contributed by atoms with Crippen LogP contribution in [0.4, 0.5) is 10.1 Å². The summed E-state index contributed by atoms with van der Waals surface area (Å²) in [6.45, 7) is 4.19. The summed E-state index contributed by atoms with van der Waals surface area (Å²) in [6.07, 6.45) is 2.60. The zero-order chi connectivity index (χ0) is 19.9. The zero-order valence-electron chi connectivity index (χ0n) is 16.4. The number of carbonyl (C=O) groups excluding carboxylic acids is 1. The lowest BCUT2D eigenvalue weighted by atomic mass is 9.99. The summed E-state index contributed by atoms with van der Waals surface area (Å²) in [7, 11) is 0. The molecule has 0 aliphatic carbocycles. The lowest BCUT2D eigenvalue weighted by Crippen LogP contribution is -2.50. The molecule has 3 rings (SSSR count). The van der Waals surface area contributed by atoms with Gasteiger partial charge in [0.05, 0.1) is 18.2 Å². The number of amides is 1. The van der Waals surface area contributed by atoms with Crippen LogP contribution in [0.25, 0.3) is 0 Å². The van der Waals surface area contributed by atoms with Crippen LogP contribution in [-0.4, -0.2) is 48.2 Å². The third kappa shape index (κ3) is 4.97. The van der Waals surface area contributed by atoms with Crippen molar-refractivity contribution in [2.75, 3.05) is 31.1 Å². The number of carbonyl (C=O) groups is 1. The minimum Gasteiger partial charge on any atom is -0.396 e. The van der Waals surface area contributed by atoms with E-state index in [9.17, 15) is 14.3 Å². The van der Waals surface area contributed by atoms with Gasteiger partial charge in [-0.3, -0.25) is 4.79 Å². The number of para-hydroxylation sites is 1. The molecule has 0 radical (unpaired) electrons. The molecule has 5 heteroatoms. The van der Waals surface area contributed by atoms with Gasteiger partial charge in [-0.05, 0) is 37.0 Å². The summed E-state index contributed by atoms with van der Waals surface area (Å²) in [4.78, 5) is 16.9. The van der Waals surface area contributed by atoms with Gasteiger partial charge >= 0.3 is 0 Å². The maximum Gasteiger partial charge on any atom is 0.232 e. The average molecular weight is 384 g/mol. The van der Waals surface area contributed by atoms with E-state index >= 15 is 0 Å². The fourth-order valence-electron chi connectivity index (χ4n) is 3.79. The van der Waals surface area contributed by atoms with E-state index in [-0.39, 0.29) is 18.6 Å². The minimum atomic E-state index is -0.546. The van der Waals surface area contributed by atoms with Crippen LogP contribution < -0.4 is 4.90 Å². The molecule has 0 saturated carbocycles. The standard InChI is InChI=1S/C23H29FN2O2/c1-18(17-27)23(28)26(22-10-6-5-9-21(22)24)20-12-15-25(16-13-20)14-11-19-7-3-2-4-8-19/h2-10,18,20,27H,11-17H2,1H3. The first-order valence-corrected chi connectivity index (χ1v) is 10.0. The van der Waals surface area contributed by atoms with Crippen LogP contribution in [0.15, 0.2) is 54.6 Å². The second kappa shape index (κ2) is 9.80. The van der Waals surface area contributed by atoms with Crippen molar-refractivity contribution in [3.05, 3.63) is 66.0 Å². The van der Waals surface area contributed by atoms with Crippen molar-refractivity contribution in [1.29, 1.82) is 0 Å². The van der Waals surface area contributed by atoms with Gasteiger partial charge in [-0.1, -0.05) is 49.4 Å². The van der Waals surface area contributed by atoms with E-state index in [1.165, 1.54) is 11.6 Å². The van der Waals surface area contributed by atoms with Gasteiger partial charge in [0.1, 0.15) is 5.82 Å². The first-order valence-electron chi connectivity index (χ1n) is 10.0. The quantitative estimate of drug-likeness (QED) is 0.795. The molecule has 0 aromatic heterocycles. The topological polar surface area (TPSA) is 43.8 Å². The van der Waals surface area contributed by atoms with Gasteiger partial charge in [0.15, 0.2) is 0 Å². The van der Waals surface area contributed by atoms with Crippen molar-refractivity contribution in [3.63, 3.8) is 0 Å². The molecule has 1 unspecified atom stereocenters. The Morgan fingerprint density at radius 3 is 2.43 bits per heavy atom. The van der Waals surface area contributed by atoms with E-state index in [4.69, 9.17) is 0 Å². The lowest BCUT2D eigenvalue weighted by Gasteiger charge is -2.39. The molecular weight excluding hydrogens is 355 g/mol. The number of halogens is 1. The Hall–Kier alpha value is -2.24. The molecule has 1 fully saturated rings. The maximum absolute atomic E-state index is 14.4. The smallest absolute Gasteiger partial charge is 0.232 e. The average Bonchev–Trinajstić information content (AvgIpc) is 2.74. The van der Waals surface area contributed by atoms with Crippen molar-refractivity contribution < 1.29 is 14.3 Å². The Balaban J connectivity index is 1.66. The summed E-state index contributed by atoms with van der Waals surface area (Å²) >= 11 is 0. The highest BCUT2D eigenvalue weighted by Gasteiger charge is 2.32.